The molecular weight excluding hydrogens is 276 g/mol. The van der Waals surface area contributed by atoms with Crippen LogP contribution in [0.15, 0.2) is 49.1 Å². The van der Waals surface area contributed by atoms with Crippen molar-refractivity contribution in [1.82, 2.24) is 0 Å². The van der Waals surface area contributed by atoms with E-state index in [1.165, 1.54) is 67.7 Å². The molecule has 0 amide bonds. The molecule has 23 heavy (non-hydrogen) atoms. The summed E-state index contributed by atoms with van der Waals surface area (Å²) >= 11 is 0. The third-order valence-corrected chi connectivity index (χ3v) is 5.56. The molecule has 0 bridgehead atoms. The number of benzene rings is 2. The van der Waals surface area contributed by atoms with E-state index in [1.807, 2.05) is 0 Å². The molecule has 0 heterocycles. The fraction of sp³-hybridized carbons (Fsp3) is 0.478. The molecule has 2 aromatic carbocycles. The maximum absolute atomic E-state index is 3.85. The Morgan fingerprint density at radius 2 is 1.74 bits per heavy atom. The highest BCUT2D eigenvalue weighted by atomic mass is 14.3. The Labute approximate surface area is 141 Å². The minimum atomic E-state index is 0.773. The minimum Gasteiger partial charge on any atom is -0.103 e. The van der Waals surface area contributed by atoms with Gasteiger partial charge in [0.1, 0.15) is 0 Å². The molecule has 122 valence electrons. The standard InChI is InChI=1S/C23H30/c1-3-5-7-18-8-11-20(12-9-18)22-15-14-21-16-19(6-4-2)10-13-23(21)17-22/h3,10,13-18,20H,1,4-9,11-12H2,2H3. The van der Waals surface area contributed by atoms with Gasteiger partial charge in [0.25, 0.3) is 0 Å². The van der Waals surface area contributed by atoms with Gasteiger partial charge in [0.15, 0.2) is 0 Å². The first-order valence-corrected chi connectivity index (χ1v) is 9.43. The van der Waals surface area contributed by atoms with E-state index in [9.17, 15) is 0 Å². The van der Waals surface area contributed by atoms with Crippen molar-refractivity contribution in [2.45, 2.75) is 64.2 Å². The predicted molar refractivity (Wildman–Crippen MR) is 102 cm³/mol. The normalized spacial score (nSPS) is 21.4. The maximum atomic E-state index is 3.85. The van der Waals surface area contributed by atoms with E-state index < -0.39 is 0 Å². The lowest BCUT2D eigenvalue weighted by Gasteiger charge is -2.28. The average Bonchev–Trinajstić information content (AvgIpc) is 2.60. The molecule has 0 N–H and O–H groups in total. The van der Waals surface area contributed by atoms with Gasteiger partial charge in [0, 0.05) is 0 Å². The van der Waals surface area contributed by atoms with Crippen LogP contribution in [0, 0.1) is 5.92 Å². The minimum absolute atomic E-state index is 0.773. The van der Waals surface area contributed by atoms with Crippen LogP contribution >= 0.6 is 0 Å². The highest BCUT2D eigenvalue weighted by Gasteiger charge is 2.21. The Balaban J connectivity index is 1.69. The first kappa shape index (κ1) is 16.3. The van der Waals surface area contributed by atoms with Crippen molar-refractivity contribution in [2.75, 3.05) is 0 Å². The molecule has 0 heteroatoms. The molecule has 0 aliphatic heterocycles. The highest BCUT2D eigenvalue weighted by Crippen LogP contribution is 2.38. The van der Waals surface area contributed by atoms with Crippen LogP contribution in [0.5, 0.6) is 0 Å². The summed E-state index contributed by atoms with van der Waals surface area (Å²) in [4.78, 5) is 0. The molecule has 1 saturated carbocycles. The fourth-order valence-electron chi connectivity index (χ4n) is 4.15. The molecule has 2 aromatic rings. The van der Waals surface area contributed by atoms with Gasteiger partial charge in [0.2, 0.25) is 0 Å². The molecule has 0 radical (unpaired) electrons. The molecule has 0 aromatic heterocycles. The lowest BCUT2D eigenvalue weighted by atomic mass is 9.77. The third kappa shape index (κ3) is 4.05. The molecule has 3 rings (SSSR count). The summed E-state index contributed by atoms with van der Waals surface area (Å²) < 4.78 is 0. The summed E-state index contributed by atoms with van der Waals surface area (Å²) in [5.74, 6) is 1.70. The molecule has 0 spiro atoms. The molecule has 1 aliphatic carbocycles. The summed E-state index contributed by atoms with van der Waals surface area (Å²) in [7, 11) is 0. The first-order valence-electron chi connectivity index (χ1n) is 9.43. The van der Waals surface area contributed by atoms with Gasteiger partial charge in [-0.1, -0.05) is 55.8 Å². The Morgan fingerprint density at radius 3 is 2.48 bits per heavy atom. The molecule has 1 aliphatic rings. The van der Waals surface area contributed by atoms with E-state index in [2.05, 4.69) is 56.0 Å². The lowest BCUT2D eigenvalue weighted by molar-refractivity contribution is 0.312. The Kier molecular flexibility index (Phi) is 5.54. The number of allylic oxidation sites excluding steroid dienone is 1. The van der Waals surface area contributed by atoms with Crippen LogP contribution in [-0.4, -0.2) is 0 Å². The molecular formula is C23H30. The fourth-order valence-corrected chi connectivity index (χ4v) is 4.15. The van der Waals surface area contributed by atoms with Crippen molar-refractivity contribution >= 4 is 10.8 Å². The quantitative estimate of drug-likeness (QED) is 0.502. The summed E-state index contributed by atoms with van der Waals surface area (Å²) in [6, 6.07) is 14.2. The molecule has 0 nitrogen and oxygen atoms in total. The Hall–Kier alpha value is -1.56. The monoisotopic (exact) mass is 306 g/mol. The van der Waals surface area contributed by atoms with E-state index in [0.717, 1.165) is 11.8 Å². The van der Waals surface area contributed by atoms with Gasteiger partial charge in [-0.15, -0.1) is 6.58 Å². The zero-order valence-electron chi connectivity index (χ0n) is 14.6. The van der Waals surface area contributed by atoms with E-state index in [-0.39, 0.29) is 0 Å². The smallest absolute Gasteiger partial charge is 0.0162 e. The van der Waals surface area contributed by atoms with Crippen LogP contribution < -0.4 is 0 Å². The largest absolute Gasteiger partial charge is 0.103 e. The average molecular weight is 306 g/mol. The summed E-state index contributed by atoms with van der Waals surface area (Å²) in [5, 5.41) is 2.82. The molecule has 0 atom stereocenters. The summed E-state index contributed by atoms with van der Waals surface area (Å²) in [6.07, 6.45) is 12.5. The first-order chi connectivity index (χ1) is 11.3. The van der Waals surface area contributed by atoms with Crippen molar-refractivity contribution in [3.63, 3.8) is 0 Å². The van der Waals surface area contributed by atoms with Crippen molar-refractivity contribution in [2.24, 2.45) is 5.92 Å². The summed E-state index contributed by atoms with van der Waals surface area (Å²) in [6.45, 7) is 6.10. The Morgan fingerprint density at radius 1 is 1.00 bits per heavy atom. The molecule has 1 fully saturated rings. The second-order valence-electron chi connectivity index (χ2n) is 7.27. The molecule has 0 unspecified atom stereocenters. The Bertz CT molecular complexity index is 644. The topological polar surface area (TPSA) is 0 Å². The van der Waals surface area contributed by atoms with Crippen LogP contribution in [-0.2, 0) is 6.42 Å². The van der Waals surface area contributed by atoms with Crippen molar-refractivity contribution < 1.29 is 0 Å². The van der Waals surface area contributed by atoms with Gasteiger partial charge in [0.05, 0.1) is 0 Å². The zero-order valence-corrected chi connectivity index (χ0v) is 14.6. The predicted octanol–water partition coefficient (Wildman–Crippen LogP) is 7.03. The van der Waals surface area contributed by atoms with Crippen LogP contribution in [0.3, 0.4) is 0 Å². The maximum Gasteiger partial charge on any atom is -0.0162 e. The number of aryl methyl sites for hydroxylation is 1. The second-order valence-corrected chi connectivity index (χ2v) is 7.27. The van der Waals surface area contributed by atoms with E-state index in [1.54, 1.807) is 5.56 Å². The lowest BCUT2D eigenvalue weighted by Crippen LogP contribution is -2.13. The van der Waals surface area contributed by atoms with Crippen molar-refractivity contribution in [3.8, 4) is 0 Å². The van der Waals surface area contributed by atoms with Crippen LogP contribution in [0.1, 0.15) is 68.9 Å². The number of hydrogen-bond acceptors (Lipinski definition) is 0. The molecule has 0 saturated heterocycles. The van der Waals surface area contributed by atoms with Gasteiger partial charge in [-0.2, -0.15) is 0 Å². The third-order valence-electron chi connectivity index (χ3n) is 5.56. The van der Waals surface area contributed by atoms with E-state index in [4.69, 9.17) is 0 Å². The van der Waals surface area contributed by atoms with Gasteiger partial charge >= 0.3 is 0 Å². The van der Waals surface area contributed by atoms with E-state index in [0.29, 0.717) is 0 Å². The van der Waals surface area contributed by atoms with Gasteiger partial charge in [-0.3, -0.25) is 0 Å². The van der Waals surface area contributed by atoms with E-state index >= 15 is 0 Å². The second kappa shape index (κ2) is 7.81. The van der Waals surface area contributed by atoms with Crippen molar-refractivity contribution in [3.05, 3.63) is 60.2 Å². The zero-order chi connectivity index (χ0) is 16.1. The number of fused-ring (bicyclic) bond motifs is 1. The highest BCUT2D eigenvalue weighted by molar-refractivity contribution is 5.84. The van der Waals surface area contributed by atoms with Gasteiger partial charge < -0.3 is 0 Å². The summed E-state index contributed by atoms with van der Waals surface area (Å²) in [5.41, 5.74) is 3.03. The van der Waals surface area contributed by atoms with Crippen LogP contribution in [0.2, 0.25) is 0 Å². The number of hydrogen-bond donors (Lipinski definition) is 0. The SMILES string of the molecule is C=CCCC1CCC(c2ccc3cc(CCC)ccc3c2)CC1. The van der Waals surface area contributed by atoms with Crippen LogP contribution in [0.25, 0.3) is 10.8 Å². The van der Waals surface area contributed by atoms with Crippen LogP contribution in [0.4, 0.5) is 0 Å². The van der Waals surface area contributed by atoms with Crippen molar-refractivity contribution in [1.29, 1.82) is 0 Å². The van der Waals surface area contributed by atoms with Gasteiger partial charge in [-0.25, -0.2) is 0 Å². The van der Waals surface area contributed by atoms with Gasteiger partial charge in [-0.05, 0) is 78.7 Å². The number of rotatable bonds is 6.